The Morgan fingerprint density at radius 3 is 2.40 bits per heavy atom. The number of nitrogens with zero attached hydrogens (tertiary/aromatic N) is 2. The van der Waals surface area contributed by atoms with Gasteiger partial charge >= 0.3 is 0 Å². The first-order valence-electron chi connectivity index (χ1n) is 9.90. The van der Waals surface area contributed by atoms with Crippen molar-refractivity contribution >= 4 is 33.5 Å². The van der Waals surface area contributed by atoms with Crippen molar-refractivity contribution in [1.29, 1.82) is 0 Å². The van der Waals surface area contributed by atoms with Crippen LogP contribution in [0.15, 0.2) is 95.5 Å². The molecule has 146 valence electrons. The summed E-state index contributed by atoms with van der Waals surface area (Å²) >= 11 is 0. The van der Waals surface area contributed by atoms with Crippen LogP contribution in [0.5, 0.6) is 0 Å². The van der Waals surface area contributed by atoms with Crippen LogP contribution in [0.3, 0.4) is 0 Å². The lowest BCUT2D eigenvalue weighted by molar-refractivity contribution is 0.0959. The number of benzene rings is 3. The quantitative estimate of drug-likeness (QED) is 0.369. The summed E-state index contributed by atoms with van der Waals surface area (Å²) in [6.07, 6.45) is 1.70. The summed E-state index contributed by atoms with van der Waals surface area (Å²) in [6.45, 7) is 2.32. The van der Waals surface area contributed by atoms with E-state index in [4.69, 9.17) is 4.42 Å². The van der Waals surface area contributed by atoms with Gasteiger partial charge in [0.15, 0.2) is 5.76 Å². The Morgan fingerprint density at radius 1 is 0.867 bits per heavy atom. The summed E-state index contributed by atoms with van der Waals surface area (Å²) in [5, 5.41) is 3.21. The molecule has 4 heteroatoms. The molecule has 1 amide bonds. The Kier molecular flexibility index (Phi) is 4.52. The summed E-state index contributed by atoms with van der Waals surface area (Å²) in [6, 6.07) is 27.6. The second kappa shape index (κ2) is 7.48. The molecule has 2 aromatic heterocycles. The molecule has 0 aliphatic heterocycles. The third kappa shape index (κ3) is 3.12. The Labute approximate surface area is 174 Å². The highest BCUT2D eigenvalue weighted by Crippen LogP contribution is 2.29. The molecule has 30 heavy (non-hydrogen) atoms. The molecular weight excluding hydrogens is 372 g/mol. The smallest absolute Gasteiger partial charge is 0.295 e. The molecule has 0 saturated heterocycles. The average Bonchev–Trinajstić information content (AvgIpc) is 3.14. The lowest BCUT2D eigenvalue weighted by Gasteiger charge is -2.22. The van der Waals surface area contributed by atoms with Crippen LogP contribution in [0, 0.1) is 6.92 Å². The van der Waals surface area contributed by atoms with Crippen LogP contribution in [0.2, 0.25) is 0 Å². The molecule has 0 aliphatic rings. The third-order valence-corrected chi connectivity index (χ3v) is 5.42. The molecule has 5 aromatic rings. The molecule has 0 fully saturated rings. The summed E-state index contributed by atoms with van der Waals surface area (Å²) in [5.41, 5.74) is 2.61. The molecule has 0 atom stereocenters. The SMILES string of the molecule is Cc1c(C(=O)N(Cc2cccc3ccccc23)c2ccccn2)oc2ccccc12. The molecule has 4 nitrogen and oxygen atoms in total. The van der Waals surface area contributed by atoms with Crippen molar-refractivity contribution in [3.8, 4) is 0 Å². The number of furan rings is 1. The molecule has 2 heterocycles. The Hall–Kier alpha value is -3.92. The van der Waals surface area contributed by atoms with Crippen molar-refractivity contribution < 1.29 is 9.21 Å². The van der Waals surface area contributed by atoms with E-state index < -0.39 is 0 Å². The van der Waals surface area contributed by atoms with Gasteiger partial charge in [0.05, 0.1) is 6.54 Å². The van der Waals surface area contributed by atoms with E-state index in [9.17, 15) is 4.79 Å². The van der Waals surface area contributed by atoms with Crippen molar-refractivity contribution in [2.75, 3.05) is 4.90 Å². The number of rotatable bonds is 4. The van der Waals surface area contributed by atoms with Gasteiger partial charge in [-0.3, -0.25) is 9.69 Å². The van der Waals surface area contributed by atoms with E-state index in [2.05, 4.69) is 29.2 Å². The Morgan fingerprint density at radius 2 is 1.60 bits per heavy atom. The summed E-state index contributed by atoms with van der Waals surface area (Å²) in [7, 11) is 0. The predicted molar refractivity (Wildman–Crippen MR) is 120 cm³/mol. The minimum atomic E-state index is -0.199. The van der Waals surface area contributed by atoms with Crippen LogP contribution in [-0.2, 0) is 6.54 Å². The number of anilines is 1. The minimum Gasteiger partial charge on any atom is -0.451 e. The second-order valence-corrected chi connectivity index (χ2v) is 7.27. The number of para-hydroxylation sites is 1. The highest BCUT2D eigenvalue weighted by atomic mass is 16.3. The maximum atomic E-state index is 13.7. The van der Waals surface area contributed by atoms with Gasteiger partial charge < -0.3 is 4.42 Å². The maximum absolute atomic E-state index is 13.7. The van der Waals surface area contributed by atoms with Crippen LogP contribution in [0.1, 0.15) is 21.7 Å². The number of aromatic nitrogens is 1. The van der Waals surface area contributed by atoms with Gasteiger partial charge in [-0.2, -0.15) is 0 Å². The van der Waals surface area contributed by atoms with Crippen molar-refractivity contribution in [2.24, 2.45) is 0 Å². The molecule has 5 rings (SSSR count). The average molecular weight is 392 g/mol. The largest absolute Gasteiger partial charge is 0.451 e. The number of amides is 1. The van der Waals surface area contributed by atoms with E-state index in [1.54, 1.807) is 11.1 Å². The minimum absolute atomic E-state index is 0.199. The molecule has 0 spiro atoms. The van der Waals surface area contributed by atoms with Crippen LogP contribution < -0.4 is 4.90 Å². The first-order valence-corrected chi connectivity index (χ1v) is 9.90. The normalized spacial score (nSPS) is 11.1. The molecule has 0 saturated carbocycles. The van der Waals surface area contributed by atoms with Gasteiger partial charge in [0.1, 0.15) is 11.4 Å². The number of aryl methyl sites for hydroxylation is 1. The number of pyridine rings is 1. The van der Waals surface area contributed by atoms with Gasteiger partial charge in [0, 0.05) is 17.1 Å². The number of carbonyl (C=O) groups is 1. The fourth-order valence-corrected chi connectivity index (χ4v) is 3.87. The van der Waals surface area contributed by atoms with Gasteiger partial charge in [0.25, 0.3) is 5.91 Å². The van der Waals surface area contributed by atoms with E-state index >= 15 is 0 Å². The zero-order chi connectivity index (χ0) is 20.5. The molecule has 0 unspecified atom stereocenters. The Balaban J connectivity index is 1.62. The molecule has 3 aromatic carbocycles. The van der Waals surface area contributed by atoms with Crippen molar-refractivity contribution in [2.45, 2.75) is 13.5 Å². The number of hydrogen-bond acceptors (Lipinski definition) is 3. The summed E-state index contributed by atoms with van der Waals surface area (Å²) in [5.74, 6) is 0.743. The number of fused-ring (bicyclic) bond motifs is 2. The van der Waals surface area contributed by atoms with E-state index in [0.29, 0.717) is 23.7 Å². The van der Waals surface area contributed by atoms with E-state index in [0.717, 1.165) is 27.3 Å². The molecule has 0 N–H and O–H groups in total. The molecular formula is C26H20N2O2. The van der Waals surface area contributed by atoms with Crippen molar-refractivity contribution in [3.05, 3.63) is 108 Å². The zero-order valence-electron chi connectivity index (χ0n) is 16.6. The first kappa shape index (κ1) is 18.1. The van der Waals surface area contributed by atoms with Gasteiger partial charge in [-0.15, -0.1) is 0 Å². The molecule has 0 bridgehead atoms. The summed E-state index contributed by atoms with van der Waals surface area (Å²) < 4.78 is 5.97. The predicted octanol–water partition coefficient (Wildman–Crippen LogP) is 6.14. The lowest BCUT2D eigenvalue weighted by atomic mass is 10.0. The highest BCUT2D eigenvalue weighted by Gasteiger charge is 2.25. The van der Waals surface area contributed by atoms with E-state index in [-0.39, 0.29) is 5.91 Å². The standard InChI is InChI=1S/C26H20N2O2/c1-18-21-12-4-5-14-23(21)30-25(18)26(29)28(24-15-6-7-16-27-24)17-20-11-8-10-19-9-2-3-13-22(19)20/h2-16H,17H2,1H3. The second-order valence-electron chi connectivity index (χ2n) is 7.27. The lowest BCUT2D eigenvalue weighted by Crippen LogP contribution is -2.31. The van der Waals surface area contributed by atoms with Crippen molar-refractivity contribution in [1.82, 2.24) is 4.98 Å². The van der Waals surface area contributed by atoms with Gasteiger partial charge in [-0.1, -0.05) is 66.7 Å². The van der Waals surface area contributed by atoms with Crippen LogP contribution in [0.4, 0.5) is 5.82 Å². The van der Waals surface area contributed by atoms with Crippen LogP contribution in [-0.4, -0.2) is 10.9 Å². The fourth-order valence-electron chi connectivity index (χ4n) is 3.87. The third-order valence-electron chi connectivity index (χ3n) is 5.42. The maximum Gasteiger partial charge on any atom is 0.295 e. The van der Waals surface area contributed by atoms with Gasteiger partial charge in [-0.25, -0.2) is 4.98 Å². The van der Waals surface area contributed by atoms with Crippen LogP contribution in [0.25, 0.3) is 21.7 Å². The number of hydrogen-bond donors (Lipinski definition) is 0. The zero-order valence-corrected chi connectivity index (χ0v) is 16.6. The van der Waals surface area contributed by atoms with Crippen LogP contribution >= 0.6 is 0 Å². The molecule has 0 radical (unpaired) electrons. The number of carbonyl (C=O) groups excluding carboxylic acids is 1. The van der Waals surface area contributed by atoms with E-state index in [1.807, 2.05) is 67.6 Å². The summed E-state index contributed by atoms with van der Waals surface area (Å²) in [4.78, 5) is 19.8. The monoisotopic (exact) mass is 392 g/mol. The highest BCUT2D eigenvalue weighted by molar-refractivity contribution is 6.07. The Bertz CT molecular complexity index is 1350. The first-order chi connectivity index (χ1) is 14.7. The fraction of sp³-hybridized carbons (Fsp3) is 0.0769. The van der Waals surface area contributed by atoms with Gasteiger partial charge in [-0.05, 0) is 41.5 Å². The van der Waals surface area contributed by atoms with Crippen molar-refractivity contribution in [3.63, 3.8) is 0 Å². The van der Waals surface area contributed by atoms with Gasteiger partial charge in [0.2, 0.25) is 0 Å². The van der Waals surface area contributed by atoms with E-state index in [1.165, 1.54) is 0 Å². The topological polar surface area (TPSA) is 46.3 Å². The molecule has 0 aliphatic carbocycles.